The lowest BCUT2D eigenvalue weighted by Gasteiger charge is -2.34. The van der Waals surface area contributed by atoms with Gasteiger partial charge in [0.25, 0.3) is 0 Å². The van der Waals surface area contributed by atoms with Crippen molar-refractivity contribution in [3.8, 4) is 0 Å². The van der Waals surface area contributed by atoms with Crippen molar-refractivity contribution in [1.29, 1.82) is 0 Å². The highest BCUT2D eigenvalue weighted by molar-refractivity contribution is 5.90. The first-order valence-electron chi connectivity index (χ1n) is 8.76. The molecule has 0 aromatic heterocycles. The average molecular weight is 362 g/mol. The number of amides is 2. The van der Waals surface area contributed by atoms with E-state index in [0.717, 1.165) is 11.1 Å². The maximum atomic E-state index is 12.8. The number of aliphatic carboxylic acids is 1. The lowest BCUT2D eigenvalue weighted by Crippen LogP contribution is -2.49. The SMILES string of the molecule is NCCCCC(NC(=O)C1CN(C(=O)CN)Cc2ccccc21)C(=O)O. The second kappa shape index (κ2) is 9.30. The third-order valence-electron chi connectivity index (χ3n) is 4.60. The fourth-order valence-electron chi connectivity index (χ4n) is 3.17. The molecule has 1 aromatic carbocycles. The summed E-state index contributed by atoms with van der Waals surface area (Å²) in [5.74, 6) is -2.33. The van der Waals surface area contributed by atoms with Gasteiger partial charge in [0.2, 0.25) is 11.8 Å². The summed E-state index contributed by atoms with van der Waals surface area (Å²) in [6, 6.07) is 6.41. The van der Waals surface area contributed by atoms with Gasteiger partial charge in [0.1, 0.15) is 6.04 Å². The Bertz CT molecular complexity index is 664. The van der Waals surface area contributed by atoms with E-state index in [1.165, 1.54) is 4.90 Å². The van der Waals surface area contributed by atoms with E-state index in [1.807, 2.05) is 24.3 Å². The topological polar surface area (TPSA) is 139 Å². The Balaban J connectivity index is 2.17. The van der Waals surface area contributed by atoms with Crippen molar-refractivity contribution in [1.82, 2.24) is 10.2 Å². The van der Waals surface area contributed by atoms with Crippen molar-refractivity contribution in [3.05, 3.63) is 35.4 Å². The number of carboxylic acids is 1. The van der Waals surface area contributed by atoms with Gasteiger partial charge in [-0.1, -0.05) is 24.3 Å². The molecule has 1 heterocycles. The number of rotatable bonds is 8. The molecule has 1 aromatic rings. The summed E-state index contributed by atoms with van der Waals surface area (Å²) in [6.07, 6.45) is 1.63. The molecule has 1 aliphatic rings. The van der Waals surface area contributed by atoms with Crippen LogP contribution in [0.3, 0.4) is 0 Å². The molecular weight excluding hydrogens is 336 g/mol. The first-order valence-corrected chi connectivity index (χ1v) is 8.76. The molecule has 0 spiro atoms. The van der Waals surface area contributed by atoms with Gasteiger partial charge < -0.3 is 26.8 Å². The van der Waals surface area contributed by atoms with Crippen molar-refractivity contribution in [3.63, 3.8) is 0 Å². The number of fused-ring (bicyclic) bond motifs is 1. The van der Waals surface area contributed by atoms with Gasteiger partial charge in [0.15, 0.2) is 0 Å². The molecule has 26 heavy (non-hydrogen) atoms. The van der Waals surface area contributed by atoms with Gasteiger partial charge in [0.05, 0.1) is 12.5 Å². The minimum Gasteiger partial charge on any atom is -0.480 e. The van der Waals surface area contributed by atoms with Crippen LogP contribution in [0.2, 0.25) is 0 Å². The van der Waals surface area contributed by atoms with E-state index in [1.54, 1.807) is 0 Å². The molecule has 2 amide bonds. The van der Waals surface area contributed by atoms with Crippen LogP contribution in [0.1, 0.15) is 36.3 Å². The molecule has 0 aliphatic carbocycles. The van der Waals surface area contributed by atoms with Crippen LogP contribution in [0.15, 0.2) is 24.3 Å². The monoisotopic (exact) mass is 362 g/mol. The number of nitrogens with one attached hydrogen (secondary N) is 1. The van der Waals surface area contributed by atoms with Crippen LogP contribution < -0.4 is 16.8 Å². The van der Waals surface area contributed by atoms with E-state index in [0.29, 0.717) is 32.4 Å². The minimum atomic E-state index is -1.07. The van der Waals surface area contributed by atoms with Crippen molar-refractivity contribution in [2.24, 2.45) is 11.5 Å². The van der Waals surface area contributed by atoms with Gasteiger partial charge in [-0.05, 0) is 36.9 Å². The van der Waals surface area contributed by atoms with Gasteiger partial charge in [-0.25, -0.2) is 4.79 Å². The van der Waals surface area contributed by atoms with Crippen LogP contribution in [0.4, 0.5) is 0 Å². The second-order valence-corrected chi connectivity index (χ2v) is 6.41. The van der Waals surface area contributed by atoms with Gasteiger partial charge >= 0.3 is 5.97 Å². The van der Waals surface area contributed by atoms with Crippen LogP contribution in [0, 0.1) is 0 Å². The van der Waals surface area contributed by atoms with Crippen LogP contribution in [-0.4, -0.2) is 53.5 Å². The summed E-state index contributed by atoms with van der Waals surface area (Å²) < 4.78 is 0. The third-order valence-corrected chi connectivity index (χ3v) is 4.60. The predicted molar refractivity (Wildman–Crippen MR) is 96.1 cm³/mol. The fraction of sp³-hybridized carbons (Fsp3) is 0.500. The first-order chi connectivity index (χ1) is 12.5. The molecule has 2 atom stereocenters. The summed E-state index contributed by atoms with van der Waals surface area (Å²) in [5.41, 5.74) is 12.6. The summed E-state index contributed by atoms with van der Waals surface area (Å²) in [4.78, 5) is 37.8. The van der Waals surface area contributed by atoms with Gasteiger partial charge in [-0.15, -0.1) is 0 Å². The number of carbonyl (C=O) groups is 3. The molecule has 6 N–H and O–H groups in total. The highest BCUT2D eigenvalue weighted by Crippen LogP contribution is 2.28. The molecule has 0 saturated carbocycles. The number of unbranched alkanes of at least 4 members (excludes halogenated alkanes) is 1. The van der Waals surface area contributed by atoms with Gasteiger partial charge in [0, 0.05) is 13.1 Å². The Kier molecular flexibility index (Phi) is 7.11. The number of nitrogens with zero attached hydrogens (tertiary/aromatic N) is 1. The highest BCUT2D eigenvalue weighted by Gasteiger charge is 2.33. The smallest absolute Gasteiger partial charge is 0.326 e. The number of carbonyl (C=O) groups excluding carboxylic acids is 2. The maximum absolute atomic E-state index is 12.8. The van der Waals surface area contributed by atoms with E-state index in [-0.39, 0.29) is 19.0 Å². The Morgan fingerprint density at radius 1 is 1.23 bits per heavy atom. The molecule has 2 unspecified atom stereocenters. The standard InChI is InChI=1S/C18H26N4O4/c19-8-4-3-7-15(18(25)26)21-17(24)14-11-22(16(23)9-20)10-12-5-1-2-6-13(12)14/h1-2,5-6,14-15H,3-4,7-11,19-20H2,(H,21,24)(H,25,26). The maximum Gasteiger partial charge on any atom is 0.326 e. The first kappa shape index (κ1) is 19.9. The Labute approximate surface area is 152 Å². The van der Waals surface area contributed by atoms with E-state index in [2.05, 4.69) is 5.32 Å². The summed E-state index contributed by atoms with van der Waals surface area (Å²) in [7, 11) is 0. The Morgan fingerprint density at radius 3 is 2.62 bits per heavy atom. The zero-order chi connectivity index (χ0) is 19.1. The zero-order valence-corrected chi connectivity index (χ0v) is 14.7. The summed E-state index contributed by atoms with van der Waals surface area (Å²) in [6.45, 7) is 0.933. The van der Waals surface area contributed by atoms with Crippen molar-refractivity contribution in [2.45, 2.75) is 37.8 Å². The lowest BCUT2D eigenvalue weighted by molar-refractivity contribution is -0.142. The minimum absolute atomic E-state index is 0.132. The molecule has 0 radical (unpaired) electrons. The number of carboxylic acid groups (broad SMARTS) is 1. The van der Waals surface area contributed by atoms with E-state index in [9.17, 15) is 19.5 Å². The van der Waals surface area contributed by atoms with E-state index in [4.69, 9.17) is 11.5 Å². The van der Waals surface area contributed by atoms with E-state index < -0.39 is 23.8 Å². The molecule has 2 rings (SSSR count). The largest absolute Gasteiger partial charge is 0.480 e. The number of benzene rings is 1. The molecule has 142 valence electrons. The molecule has 1 aliphatic heterocycles. The molecule has 0 bridgehead atoms. The summed E-state index contributed by atoms with van der Waals surface area (Å²) in [5, 5.41) is 12.0. The Hall–Kier alpha value is -2.45. The van der Waals surface area contributed by atoms with Crippen molar-refractivity contribution < 1.29 is 19.5 Å². The average Bonchev–Trinajstić information content (AvgIpc) is 2.65. The molecule has 8 heteroatoms. The quantitative estimate of drug-likeness (QED) is 0.471. The van der Waals surface area contributed by atoms with E-state index >= 15 is 0 Å². The zero-order valence-electron chi connectivity index (χ0n) is 14.7. The van der Waals surface area contributed by atoms with Crippen molar-refractivity contribution >= 4 is 17.8 Å². The number of hydrogen-bond donors (Lipinski definition) is 4. The van der Waals surface area contributed by atoms with Crippen molar-refractivity contribution in [2.75, 3.05) is 19.6 Å². The summed E-state index contributed by atoms with van der Waals surface area (Å²) >= 11 is 0. The number of nitrogens with two attached hydrogens (primary N) is 2. The Morgan fingerprint density at radius 2 is 1.96 bits per heavy atom. The highest BCUT2D eigenvalue weighted by atomic mass is 16.4. The van der Waals surface area contributed by atoms with Gasteiger partial charge in [-0.3, -0.25) is 9.59 Å². The normalized spacial score (nSPS) is 17.3. The molecule has 0 saturated heterocycles. The molecule has 0 fully saturated rings. The lowest BCUT2D eigenvalue weighted by atomic mass is 9.88. The van der Waals surface area contributed by atoms with Crippen LogP contribution in [-0.2, 0) is 20.9 Å². The molecule has 8 nitrogen and oxygen atoms in total. The third kappa shape index (κ3) is 4.80. The van der Waals surface area contributed by atoms with Crippen LogP contribution in [0.25, 0.3) is 0 Å². The van der Waals surface area contributed by atoms with Crippen LogP contribution in [0.5, 0.6) is 0 Å². The second-order valence-electron chi connectivity index (χ2n) is 6.41. The number of hydrogen-bond acceptors (Lipinski definition) is 5. The molecular formula is C18H26N4O4. The predicted octanol–water partition coefficient (Wildman–Crippen LogP) is -0.230. The van der Waals surface area contributed by atoms with Crippen LogP contribution >= 0.6 is 0 Å². The van der Waals surface area contributed by atoms with Gasteiger partial charge in [-0.2, -0.15) is 0 Å². The fourth-order valence-corrected chi connectivity index (χ4v) is 3.17.